The molecule has 0 bridgehead atoms. The van der Waals surface area contributed by atoms with Gasteiger partial charge < -0.3 is 10.1 Å². The molecule has 6 heteroatoms. The van der Waals surface area contributed by atoms with E-state index in [0.29, 0.717) is 6.54 Å². The Labute approximate surface area is 113 Å². The van der Waals surface area contributed by atoms with Gasteiger partial charge in [-0.15, -0.1) is 0 Å². The van der Waals surface area contributed by atoms with Crippen molar-refractivity contribution in [3.8, 4) is 0 Å². The number of ether oxygens (including phenoxy) is 1. The molecule has 4 nitrogen and oxygen atoms in total. The third-order valence-corrected chi connectivity index (χ3v) is 2.79. The fraction of sp³-hybridized carbons (Fsp3) is 0.923. The van der Waals surface area contributed by atoms with E-state index in [1.54, 1.807) is 20.8 Å². The second kappa shape index (κ2) is 6.03. The zero-order valence-corrected chi connectivity index (χ0v) is 12.1. The van der Waals surface area contributed by atoms with Gasteiger partial charge in [-0.05, 0) is 40.2 Å². The number of nitrogens with one attached hydrogen (secondary N) is 1. The Morgan fingerprint density at radius 3 is 2.42 bits per heavy atom. The largest absolute Gasteiger partial charge is 0.444 e. The van der Waals surface area contributed by atoms with Gasteiger partial charge in [0.1, 0.15) is 5.60 Å². The molecule has 0 aromatic rings. The first-order valence-corrected chi connectivity index (χ1v) is 6.67. The van der Waals surface area contributed by atoms with E-state index in [9.17, 15) is 13.6 Å². The zero-order chi connectivity index (χ0) is 14.7. The molecule has 0 spiro atoms. The maximum Gasteiger partial charge on any atom is 0.410 e. The first kappa shape index (κ1) is 16.1. The van der Waals surface area contributed by atoms with Crippen LogP contribution >= 0.6 is 0 Å². The molecule has 1 aliphatic heterocycles. The van der Waals surface area contributed by atoms with Crippen molar-refractivity contribution in [2.45, 2.75) is 58.1 Å². The summed E-state index contributed by atoms with van der Waals surface area (Å²) in [4.78, 5) is 13.2. The molecule has 1 unspecified atom stereocenters. The molecule has 0 radical (unpaired) electrons. The summed E-state index contributed by atoms with van der Waals surface area (Å²) in [7, 11) is 0. The summed E-state index contributed by atoms with van der Waals surface area (Å²) in [5.74, 6) is -2.92. The Morgan fingerprint density at radius 2 is 2.00 bits per heavy atom. The topological polar surface area (TPSA) is 41.6 Å². The lowest BCUT2D eigenvalue weighted by molar-refractivity contribution is -0.0425. The monoisotopic (exact) mass is 278 g/mol. The number of amides is 1. The molecule has 1 rings (SSSR count). The van der Waals surface area contributed by atoms with Gasteiger partial charge in [-0.2, -0.15) is 0 Å². The summed E-state index contributed by atoms with van der Waals surface area (Å²) >= 11 is 0. The number of rotatable bonds is 3. The number of piperidine rings is 1. The average Bonchev–Trinajstić information content (AvgIpc) is 2.23. The molecule has 0 aromatic heterocycles. The van der Waals surface area contributed by atoms with E-state index in [-0.39, 0.29) is 6.04 Å². The third kappa shape index (κ3) is 6.18. The fourth-order valence-electron chi connectivity index (χ4n) is 2.06. The summed E-state index contributed by atoms with van der Waals surface area (Å²) < 4.78 is 31.7. The maximum absolute atomic E-state index is 13.3. The normalized spacial score (nSPS) is 21.1. The van der Waals surface area contributed by atoms with E-state index in [1.165, 1.54) is 0 Å². The minimum absolute atomic E-state index is 0.227. The SMILES string of the molecule is CC(F)(F)CN(C(=O)OC(C)(C)C)C1CCCNC1. The third-order valence-electron chi connectivity index (χ3n) is 2.79. The van der Waals surface area contributed by atoms with Gasteiger partial charge in [-0.1, -0.05) is 0 Å². The molecular formula is C13H24F2N2O2. The highest BCUT2D eigenvalue weighted by Crippen LogP contribution is 2.21. The predicted molar refractivity (Wildman–Crippen MR) is 69.5 cm³/mol. The Morgan fingerprint density at radius 1 is 1.37 bits per heavy atom. The molecule has 0 saturated carbocycles. The highest BCUT2D eigenvalue weighted by molar-refractivity contribution is 5.68. The van der Waals surface area contributed by atoms with Crippen LogP contribution in [-0.4, -0.2) is 48.2 Å². The Hall–Kier alpha value is -0.910. The van der Waals surface area contributed by atoms with Crippen LogP contribution in [0.2, 0.25) is 0 Å². The summed E-state index contributed by atoms with van der Waals surface area (Å²) in [5.41, 5.74) is -0.680. The number of halogens is 2. The van der Waals surface area contributed by atoms with Gasteiger partial charge >= 0.3 is 6.09 Å². The Bertz CT molecular complexity index is 305. The smallest absolute Gasteiger partial charge is 0.410 e. The second-order valence-electron chi connectivity index (χ2n) is 6.18. The molecule has 1 heterocycles. The predicted octanol–water partition coefficient (Wildman–Crippen LogP) is 2.63. The van der Waals surface area contributed by atoms with Crippen molar-refractivity contribution >= 4 is 6.09 Å². The number of hydrogen-bond donors (Lipinski definition) is 1. The number of alkyl halides is 2. The van der Waals surface area contributed by atoms with E-state index in [2.05, 4.69) is 5.32 Å². The molecule has 1 aliphatic rings. The number of carbonyl (C=O) groups excluding carboxylic acids is 1. The molecule has 1 fully saturated rings. The number of carbonyl (C=O) groups is 1. The molecule has 0 aliphatic carbocycles. The van der Waals surface area contributed by atoms with Crippen molar-refractivity contribution in [2.75, 3.05) is 19.6 Å². The van der Waals surface area contributed by atoms with Crippen molar-refractivity contribution < 1.29 is 18.3 Å². The second-order valence-corrected chi connectivity index (χ2v) is 6.18. The first-order chi connectivity index (χ1) is 8.58. The van der Waals surface area contributed by atoms with Gasteiger partial charge in [0.15, 0.2) is 0 Å². The summed E-state index contributed by atoms with van der Waals surface area (Å²) in [5, 5.41) is 3.12. The van der Waals surface area contributed by atoms with Crippen molar-refractivity contribution in [2.24, 2.45) is 0 Å². The standard InChI is InChI=1S/C13H24F2N2O2/c1-12(2,3)19-11(18)17(9-13(4,14)15)10-6-5-7-16-8-10/h10,16H,5-9H2,1-4H3. The van der Waals surface area contributed by atoms with E-state index in [1.807, 2.05) is 0 Å². The van der Waals surface area contributed by atoms with Crippen LogP contribution in [-0.2, 0) is 4.74 Å². The molecule has 1 amide bonds. The summed E-state index contributed by atoms with van der Waals surface area (Å²) in [6.45, 7) is 6.80. The van der Waals surface area contributed by atoms with Crippen LogP contribution in [0.25, 0.3) is 0 Å². The van der Waals surface area contributed by atoms with E-state index in [4.69, 9.17) is 4.74 Å². The minimum atomic E-state index is -2.92. The van der Waals surface area contributed by atoms with Crippen molar-refractivity contribution in [3.63, 3.8) is 0 Å². The van der Waals surface area contributed by atoms with Gasteiger partial charge in [0.2, 0.25) is 0 Å². The zero-order valence-electron chi connectivity index (χ0n) is 12.1. The van der Waals surface area contributed by atoms with Gasteiger partial charge in [-0.25, -0.2) is 13.6 Å². The van der Waals surface area contributed by atoms with Gasteiger partial charge in [0.05, 0.1) is 6.54 Å². The van der Waals surface area contributed by atoms with Crippen molar-refractivity contribution in [1.82, 2.24) is 10.2 Å². The lowest BCUT2D eigenvalue weighted by atomic mass is 10.1. The molecule has 1 atom stereocenters. The quantitative estimate of drug-likeness (QED) is 0.863. The average molecular weight is 278 g/mol. The lowest BCUT2D eigenvalue weighted by Gasteiger charge is -2.37. The van der Waals surface area contributed by atoms with Crippen LogP contribution in [0, 0.1) is 0 Å². The maximum atomic E-state index is 13.3. The Kier molecular flexibility index (Phi) is 5.12. The molecular weight excluding hydrogens is 254 g/mol. The van der Waals surface area contributed by atoms with Crippen LogP contribution in [0.1, 0.15) is 40.5 Å². The van der Waals surface area contributed by atoms with Crippen molar-refractivity contribution in [3.05, 3.63) is 0 Å². The summed E-state index contributed by atoms with van der Waals surface area (Å²) in [6.07, 6.45) is 0.935. The molecule has 112 valence electrons. The van der Waals surface area contributed by atoms with Gasteiger partial charge in [-0.3, -0.25) is 4.90 Å². The van der Waals surface area contributed by atoms with Crippen LogP contribution in [0.3, 0.4) is 0 Å². The molecule has 1 N–H and O–H groups in total. The van der Waals surface area contributed by atoms with Crippen LogP contribution in [0.5, 0.6) is 0 Å². The van der Waals surface area contributed by atoms with E-state index < -0.39 is 24.2 Å². The molecule has 19 heavy (non-hydrogen) atoms. The molecule has 0 aromatic carbocycles. The summed E-state index contributed by atoms with van der Waals surface area (Å²) in [6, 6.07) is -0.227. The highest BCUT2D eigenvalue weighted by Gasteiger charge is 2.35. The molecule has 1 saturated heterocycles. The first-order valence-electron chi connectivity index (χ1n) is 6.67. The van der Waals surface area contributed by atoms with Crippen LogP contribution in [0.15, 0.2) is 0 Å². The number of hydrogen-bond acceptors (Lipinski definition) is 3. The minimum Gasteiger partial charge on any atom is -0.444 e. The van der Waals surface area contributed by atoms with Gasteiger partial charge in [0.25, 0.3) is 5.92 Å². The van der Waals surface area contributed by atoms with E-state index in [0.717, 1.165) is 31.2 Å². The van der Waals surface area contributed by atoms with Crippen molar-refractivity contribution in [1.29, 1.82) is 0 Å². The fourth-order valence-corrected chi connectivity index (χ4v) is 2.06. The highest BCUT2D eigenvalue weighted by atomic mass is 19.3. The number of nitrogens with zero attached hydrogens (tertiary/aromatic N) is 1. The Balaban J connectivity index is 2.76. The van der Waals surface area contributed by atoms with Crippen LogP contribution in [0.4, 0.5) is 13.6 Å². The van der Waals surface area contributed by atoms with Crippen LogP contribution < -0.4 is 5.32 Å². The van der Waals surface area contributed by atoms with Gasteiger partial charge in [0, 0.05) is 19.5 Å². The van der Waals surface area contributed by atoms with E-state index >= 15 is 0 Å². The lowest BCUT2D eigenvalue weighted by Crippen LogP contribution is -2.53.